The van der Waals surface area contributed by atoms with Crippen LogP contribution in [-0.4, -0.2) is 29.2 Å². The molecule has 0 spiro atoms. The lowest BCUT2D eigenvalue weighted by atomic mass is 9.93. The molecule has 2 atom stereocenters. The number of ketones is 1. The second-order valence-electron chi connectivity index (χ2n) is 4.78. The highest BCUT2D eigenvalue weighted by atomic mass is 16.5. The summed E-state index contributed by atoms with van der Waals surface area (Å²) >= 11 is 0. The molecule has 1 aliphatic rings. The third kappa shape index (κ3) is 2.21. The number of phenols is 1. The van der Waals surface area contributed by atoms with Crippen molar-refractivity contribution in [2.24, 2.45) is 0 Å². The molecule has 21 heavy (non-hydrogen) atoms. The van der Waals surface area contributed by atoms with Crippen LogP contribution in [-0.2, 0) is 0 Å². The summed E-state index contributed by atoms with van der Waals surface area (Å²) in [4.78, 5) is 12.4. The molecule has 2 N–H and O–H groups in total. The zero-order valence-electron chi connectivity index (χ0n) is 11.3. The molecule has 0 fully saturated rings. The van der Waals surface area contributed by atoms with Crippen molar-refractivity contribution < 1.29 is 24.5 Å². The highest BCUT2D eigenvalue weighted by molar-refractivity contribution is 6.05. The SMILES string of the molecule is COc1cc(O)cc2c1C(=O)C(O)C(c1ccccc1)O2. The van der Waals surface area contributed by atoms with Crippen molar-refractivity contribution in [1.82, 2.24) is 0 Å². The lowest BCUT2D eigenvalue weighted by Gasteiger charge is -2.30. The summed E-state index contributed by atoms with van der Waals surface area (Å²) < 4.78 is 10.8. The van der Waals surface area contributed by atoms with Gasteiger partial charge >= 0.3 is 0 Å². The topological polar surface area (TPSA) is 76.0 Å². The van der Waals surface area contributed by atoms with Crippen LogP contribution in [0, 0.1) is 0 Å². The quantitative estimate of drug-likeness (QED) is 0.884. The van der Waals surface area contributed by atoms with Crippen LogP contribution in [0.15, 0.2) is 42.5 Å². The van der Waals surface area contributed by atoms with Crippen molar-refractivity contribution in [3.05, 3.63) is 53.6 Å². The molecular formula is C16H14O5. The van der Waals surface area contributed by atoms with Crippen molar-refractivity contribution in [1.29, 1.82) is 0 Å². The van der Waals surface area contributed by atoms with E-state index in [0.717, 1.165) is 0 Å². The highest BCUT2D eigenvalue weighted by Gasteiger charge is 2.39. The van der Waals surface area contributed by atoms with Gasteiger partial charge in [0, 0.05) is 12.1 Å². The number of methoxy groups -OCH3 is 1. The Kier molecular flexibility index (Phi) is 3.27. The van der Waals surface area contributed by atoms with Gasteiger partial charge in [0.15, 0.2) is 12.2 Å². The monoisotopic (exact) mass is 286 g/mol. The van der Waals surface area contributed by atoms with E-state index in [9.17, 15) is 15.0 Å². The molecule has 2 aromatic carbocycles. The predicted molar refractivity (Wildman–Crippen MR) is 74.8 cm³/mol. The Morgan fingerprint density at radius 1 is 1.19 bits per heavy atom. The Morgan fingerprint density at radius 2 is 1.90 bits per heavy atom. The van der Waals surface area contributed by atoms with Crippen LogP contribution in [0.3, 0.4) is 0 Å². The van der Waals surface area contributed by atoms with E-state index >= 15 is 0 Å². The second-order valence-corrected chi connectivity index (χ2v) is 4.78. The Bertz CT molecular complexity index is 681. The zero-order valence-corrected chi connectivity index (χ0v) is 11.3. The summed E-state index contributed by atoms with van der Waals surface area (Å²) in [6.45, 7) is 0. The standard InChI is InChI=1S/C16H14O5/c1-20-11-7-10(17)8-12-13(11)14(18)15(19)16(21-12)9-5-3-2-4-6-9/h2-8,15-17,19H,1H3. The number of aromatic hydroxyl groups is 1. The molecule has 1 heterocycles. The minimum absolute atomic E-state index is 0.0680. The van der Waals surface area contributed by atoms with Crippen LogP contribution in [0.2, 0.25) is 0 Å². The maximum atomic E-state index is 12.4. The van der Waals surface area contributed by atoms with E-state index in [2.05, 4.69) is 0 Å². The molecule has 0 aliphatic carbocycles. The molecule has 5 nitrogen and oxygen atoms in total. The molecule has 0 bridgehead atoms. The van der Waals surface area contributed by atoms with Crippen molar-refractivity contribution in [2.45, 2.75) is 12.2 Å². The van der Waals surface area contributed by atoms with Gasteiger partial charge < -0.3 is 19.7 Å². The van der Waals surface area contributed by atoms with Crippen molar-refractivity contribution >= 4 is 5.78 Å². The Morgan fingerprint density at radius 3 is 2.57 bits per heavy atom. The van der Waals surface area contributed by atoms with Gasteiger partial charge in [0.2, 0.25) is 5.78 Å². The van der Waals surface area contributed by atoms with Crippen LogP contribution in [0.25, 0.3) is 0 Å². The van der Waals surface area contributed by atoms with Gasteiger partial charge in [0.05, 0.1) is 7.11 Å². The molecule has 0 amide bonds. The van der Waals surface area contributed by atoms with Crippen molar-refractivity contribution in [3.8, 4) is 17.2 Å². The van der Waals surface area contributed by atoms with Crippen LogP contribution in [0.4, 0.5) is 0 Å². The maximum absolute atomic E-state index is 12.4. The molecule has 0 saturated carbocycles. The summed E-state index contributed by atoms with van der Waals surface area (Å²) in [6.07, 6.45) is -2.13. The number of phenolic OH excluding ortho intramolecular Hbond substituents is 1. The summed E-state index contributed by atoms with van der Waals surface area (Å²) in [5, 5.41) is 19.9. The molecule has 0 aromatic heterocycles. The van der Waals surface area contributed by atoms with E-state index in [0.29, 0.717) is 5.56 Å². The summed E-state index contributed by atoms with van der Waals surface area (Å²) in [7, 11) is 1.39. The van der Waals surface area contributed by atoms with Crippen LogP contribution in [0.1, 0.15) is 22.0 Å². The smallest absolute Gasteiger partial charge is 0.202 e. The fourth-order valence-corrected chi connectivity index (χ4v) is 2.45. The number of benzene rings is 2. The molecule has 3 rings (SSSR count). The summed E-state index contributed by atoms with van der Waals surface area (Å²) in [5.74, 6) is -0.167. The van der Waals surface area contributed by atoms with E-state index in [1.54, 1.807) is 24.3 Å². The molecule has 108 valence electrons. The van der Waals surface area contributed by atoms with E-state index in [1.165, 1.54) is 19.2 Å². The number of fused-ring (bicyclic) bond motifs is 1. The molecular weight excluding hydrogens is 272 g/mol. The first-order valence-corrected chi connectivity index (χ1v) is 6.46. The van der Waals surface area contributed by atoms with Gasteiger partial charge in [-0.2, -0.15) is 0 Å². The number of aliphatic hydroxyl groups is 1. The summed E-state index contributed by atoms with van der Waals surface area (Å²) in [5.41, 5.74) is 0.835. The van der Waals surface area contributed by atoms with Gasteiger partial charge in [-0.15, -0.1) is 0 Å². The second kappa shape index (κ2) is 5.10. The number of Topliss-reactive ketones (excluding diaryl/α,β-unsaturated/α-hetero) is 1. The fraction of sp³-hybridized carbons (Fsp3) is 0.188. The first-order valence-electron chi connectivity index (χ1n) is 6.46. The van der Waals surface area contributed by atoms with E-state index < -0.39 is 18.0 Å². The average molecular weight is 286 g/mol. The number of ether oxygens (including phenoxy) is 2. The Hall–Kier alpha value is -2.53. The third-order valence-corrected chi connectivity index (χ3v) is 3.45. The molecule has 0 saturated heterocycles. The number of aliphatic hydroxyl groups excluding tert-OH is 1. The van der Waals surface area contributed by atoms with E-state index in [-0.39, 0.29) is 22.8 Å². The maximum Gasteiger partial charge on any atom is 0.202 e. The van der Waals surface area contributed by atoms with Gasteiger partial charge in [-0.05, 0) is 5.56 Å². The van der Waals surface area contributed by atoms with Gasteiger partial charge in [-0.1, -0.05) is 30.3 Å². The zero-order chi connectivity index (χ0) is 15.0. The highest BCUT2D eigenvalue weighted by Crippen LogP contribution is 2.42. The lowest BCUT2D eigenvalue weighted by Crippen LogP contribution is -2.36. The average Bonchev–Trinajstić information content (AvgIpc) is 2.50. The van der Waals surface area contributed by atoms with Crippen molar-refractivity contribution in [3.63, 3.8) is 0 Å². The normalized spacial score (nSPS) is 20.6. The van der Waals surface area contributed by atoms with Gasteiger partial charge in [0.25, 0.3) is 0 Å². The Labute approximate surface area is 121 Å². The largest absolute Gasteiger partial charge is 0.508 e. The third-order valence-electron chi connectivity index (χ3n) is 3.45. The van der Waals surface area contributed by atoms with Crippen LogP contribution >= 0.6 is 0 Å². The number of carbonyl (C=O) groups is 1. The fourth-order valence-electron chi connectivity index (χ4n) is 2.45. The minimum Gasteiger partial charge on any atom is -0.508 e. The van der Waals surface area contributed by atoms with Crippen LogP contribution < -0.4 is 9.47 Å². The van der Waals surface area contributed by atoms with Gasteiger partial charge in [-0.3, -0.25) is 4.79 Å². The molecule has 0 radical (unpaired) electrons. The van der Waals surface area contributed by atoms with Crippen molar-refractivity contribution in [2.75, 3.05) is 7.11 Å². The minimum atomic E-state index is -1.32. The van der Waals surface area contributed by atoms with Crippen LogP contribution in [0.5, 0.6) is 17.2 Å². The number of rotatable bonds is 2. The predicted octanol–water partition coefficient (Wildman–Crippen LogP) is 2.08. The molecule has 2 aromatic rings. The molecule has 5 heteroatoms. The Balaban J connectivity index is 2.10. The first-order chi connectivity index (χ1) is 10.1. The number of carbonyl (C=O) groups excluding carboxylic acids is 1. The van der Waals surface area contributed by atoms with Gasteiger partial charge in [0.1, 0.15) is 22.8 Å². The first kappa shape index (κ1) is 13.5. The molecule has 2 unspecified atom stereocenters. The van der Waals surface area contributed by atoms with Gasteiger partial charge in [-0.25, -0.2) is 0 Å². The van der Waals surface area contributed by atoms with E-state index in [1.807, 2.05) is 6.07 Å². The number of hydrogen-bond donors (Lipinski definition) is 2. The number of hydrogen-bond acceptors (Lipinski definition) is 5. The lowest BCUT2D eigenvalue weighted by molar-refractivity contribution is 0.0210. The van der Waals surface area contributed by atoms with E-state index in [4.69, 9.17) is 9.47 Å². The summed E-state index contributed by atoms with van der Waals surface area (Å²) in [6, 6.07) is 11.6. The molecule has 1 aliphatic heterocycles.